The first kappa shape index (κ1) is 16.5. The number of anilines is 1. The first-order chi connectivity index (χ1) is 10.5. The molecule has 2 rings (SSSR count). The molecule has 0 radical (unpaired) electrons. The number of nitrogens with one attached hydrogen (secondary N) is 1. The second kappa shape index (κ2) is 7.45. The van der Waals surface area contributed by atoms with Gasteiger partial charge < -0.3 is 5.32 Å². The van der Waals surface area contributed by atoms with Crippen molar-refractivity contribution in [1.29, 1.82) is 5.26 Å². The largest absolute Gasteiger partial charge is 0.326 e. The van der Waals surface area contributed by atoms with Crippen molar-refractivity contribution in [2.45, 2.75) is 46.5 Å². The number of nitriles is 1. The Morgan fingerprint density at radius 1 is 1.32 bits per heavy atom. The van der Waals surface area contributed by atoms with Crippen LogP contribution in [0.1, 0.15) is 45.6 Å². The molecule has 1 aromatic rings. The number of amides is 1. The maximum atomic E-state index is 12.7. The van der Waals surface area contributed by atoms with Crippen LogP contribution in [0, 0.1) is 35.0 Å². The van der Waals surface area contributed by atoms with Crippen molar-refractivity contribution in [3.05, 3.63) is 29.8 Å². The predicted molar refractivity (Wildman–Crippen MR) is 89.2 cm³/mol. The van der Waals surface area contributed by atoms with Crippen LogP contribution >= 0.6 is 0 Å². The van der Waals surface area contributed by atoms with Crippen LogP contribution in [0.3, 0.4) is 0 Å². The lowest BCUT2D eigenvalue weighted by atomic mass is 9.70. The van der Waals surface area contributed by atoms with Gasteiger partial charge >= 0.3 is 0 Å². The minimum Gasteiger partial charge on any atom is -0.326 e. The fraction of sp³-hybridized carbons (Fsp3) is 0.579. The van der Waals surface area contributed by atoms with Gasteiger partial charge in [0.1, 0.15) is 0 Å². The van der Waals surface area contributed by atoms with E-state index in [1.807, 2.05) is 24.3 Å². The number of hydrogen-bond donors (Lipinski definition) is 1. The quantitative estimate of drug-likeness (QED) is 0.895. The van der Waals surface area contributed by atoms with Crippen molar-refractivity contribution in [2.75, 3.05) is 5.32 Å². The second-order valence-corrected chi connectivity index (χ2v) is 6.95. The lowest BCUT2D eigenvalue weighted by molar-refractivity contribution is -0.123. The number of benzene rings is 1. The maximum absolute atomic E-state index is 12.7. The van der Waals surface area contributed by atoms with E-state index in [1.165, 1.54) is 6.42 Å². The van der Waals surface area contributed by atoms with E-state index in [4.69, 9.17) is 5.26 Å². The topological polar surface area (TPSA) is 52.9 Å². The molecule has 3 heteroatoms. The molecular weight excluding hydrogens is 272 g/mol. The standard InChI is InChI=1S/C19H26N2O/c1-13(2)17-9-4-14(3)12-18(17)19(22)21-16-7-5-15(6-8-16)10-11-20/h5-8,13-14,17-18H,4,9-10,12H2,1-3H3,(H,21,22)/t14-,17-,18+/m0/s1. The summed E-state index contributed by atoms with van der Waals surface area (Å²) in [5, 5.41) is 11.8. The molecule has 3 atom stereocenters. The van der Waals surface area contributed by atoms with Crippen molar-refractivity contribution in [3.63, 3.8) is 0 Å². The van der Waals surface area contributed by atoms with Gasteiger partial charge in [-0.25, -0.2) is 0 Å². The smallest absolute Gasteiger partial charge is 0.227 e. The van der Waals surface area contributed by atoms with E-state index in [0.717, 1.165) is 24.1 Å². The molecule has 118 valence electrons. The average molecular weight is 298 g/mol. The Balaban J connectivity index is 2.04. The highest BCUT2D eigenvalue weighted by molar-refractivity contribution is 5.92. The van der Waals surface area contributed by atoms with E-state index in [9.17, 15) is 4.79 Å². The molecule has 22 heavy (non-hydrogen) atoms. The Morgan fingerprint density at radius 2 is 2.00 bits per heavy atom. The third kappa shape index (κ3) is 4.10. The summed E-state index contributed by atoms with van der Waals surface area (Å²) in [4.78, 5) is 12.7. The zero-order valence-electron chi connectivity index (χ0n) is 13.8. The van der Waals surface area contributed by atoms with Gasteiger partial charge in [-0.05, 0) is 48.3 Å². The molecule has 1 fully saturated rings. The van der Waals surface area contributed by atoms with Gasteiger partial charge in [-0.3, -0.25) is 4.79 Å². The molecule has 0 saturated heterocycles. The van der Waals surface area contributed by atoms with Gasteiger partial charge in [-0.15, -0.1) is 0 Å². The fourth-order valence-corrected chi connectivity index (χ4v) is 3.54. The number of rotatable bonds is 4. The summed E-state index contributed by atoms with van der Waals surface area (Å²) in [5.41, 5.74) is 1.80. The minimum absolute atomic E-state index is 0.113. The highest BCUT2D eigenvalue weighted by atomic mass is 16.1. The highest BCUT2D eigenvalue weighted by Gasteiger charge is 2.35. The van der Waals surface area contributed by atoms with E-state index in [2.05, 4.69) is 32.2 Å². The molecule has 1 aliphatic carbocycles. The van der Waals surface area contributed by atoms with Crippen LogP contribution < -0.4 is 5.32 Å². The number of carbonyl (C=O) groups excluding carboxylic acids is 1. The van der Waals surface area contributed by atoms with E-state index in [1.54, 1.807) is 0 Å². The molecule has 1 saturated carbocycles. The van der Waals surface area contributed by atoms with Crippen molar-refractivity contribution in [3.8, 4) is 6.07 Å². The molecular formula is C19H26N2O. The number of nitrogens with zero attached hydrogens (tertiary/aromatic N) is 1. The molecule has 0 spiro atoms. The maximum Gasteiger partial charge on any atom is 0.227 e. The SMILES string of the molecule is CC(C)[C@@H]1CC[C@H](C)C[C@H]1C(=O)Nc1ccc(CC#N)cc1. The van der Waals surface area contributed by atoms with Gasteiger partial charge in [0.15, 0.2) is 0 Å². The first-order valence-electron chi connectivity index (χ1n) is 8.28. The van der Waals surface area contributed by atoms with Crippen molar-refractivity contribution < 1.29 is 4.79 Å². The van der Waals surface area contributed by atoms with Crippen LogP contribution in [0.4, 0.5) is 5.69 Å². The van der Waals surface area contributed by atoms with Crippen LogP contribution in [0.25, 0.3) is 0 Å². The molecule has 1 amide bonds. The van der Waals surface area contributed by atoms with Gasteiger partial charge in [0.2, 0.25) is 5.91 Å². The van der Waals surface area contributed by atoms with Gasteiger partial charge in [-0.1, -0.05) is 39.3 Å². The zero-order chi connectivity index (χ0) is 16.1. The monoisotopic (exact) mass is 298 g/mol. The Kier molecular flexibility index (Phi) is 5.60. The average Bonchev–Trinajstić information content (AvgIpc) is 2.49. The molecule has 0 aliphatic heterocycles. The summed E-state index contributed by atoms with van der Waals surface area (Å²) < 4.78 is 0. The summed E-state index contributed by atoms with van der Waals surface area (Å²) in [6.45, 7) is 6.68. The summed E-state index contributed by atoms with van der Waals surface area (Å²) in [7, 11) is 0. The van der Waals surface area contributed by atoms with Crippen molar-refractivity contribution >= 4 is 11.6 Å². The lowest BCUT2D eigenvalue weighted by Crippen LogP contribution is -2.36. The summed E-state index contributed by atoms with van der Waals surface area (Å²) in [6, 6.07) is 9.72. The van der Waals surface area contributed by atoms with E-state index >= 15 is 0 Å². The van der Waals surface area contributed by atoms with Crippen molar-refractivity contribution in [2.24, 2.45) is 23.7 Å². The Labute approximate surface area is 133 Å². The molecule has 3 nitrogen and oxygen atoms in total. The van der Waals surface area contributed by atoms with E-state index in [0.29, 0.717) is 24.2 Å². The number of hydrogen-bond acceptors (Lipinski definition) is 2. The van der Waals surface area contributed by atoms with E-state index < -0.39 is 0 Å². The molecule has 1 aliphatic rings. The molecule has 0 bridgehead atoms. The minimum atomic E-state index is 0.113. The molecule has 0 heterocycles. The Hall–Kier alpha value is -1.82. The third-order valence-electron chi connectivity index (χ3n) is 4.86. The van der Waals surface area contributed by atoms with Gasteiger partial charge in [-0.2, -0.15) is 5.26 Å². The van der Waals surface area contributed by atoms with Crippen molar-refractivity contribution in [1.82, 2.24) is 0 Å². The van der Waals surface area contributed by atoms with Crippen LogP contribution in [-0.4, -0.2) is 5.91 Å². The van der Waals surface area contributed by atoms with Crippen LogP contribution in [0.5, 0.6) is 0 Å². The Bertz CT molecular complexity index is 542. The third-order valence-corrected chi connectivity index (χ3v) is 4.86. The summed E-state index contributed by atoms with van der Waals surface area (Å²) in [5.74, 6) is 1.92. The predicted octanol–water partition coefficient (Wildman–Crippen LogP) is 4.40. The molecule has 1 aromatic carbocycles. The molecule has 0 unspecified atom stereocenters. The lowest BCUT2D eigenvalue weighted by Gasteiger charge is -2.36. The van der Waals surface area contributed by atoms with Crippen LogP contribution in [0.2, 0.25) is 0 Å². The zero-order valence-corrected chi connectivity index (χ0v) is 13.8. The van der Waals surface area contributed by atoms with Crippen LogP contribution in [-0.2, 0) is 11.2 Å². The molecule has 1 N–H and O–H groups in total. The van der Waals surface area contributed by atoms with E-state index in [-0.39, 0.29) is 11.8 Å². The normalized spacial score (nSPS) is 24.8. The molecule has 0 aromatic heterocycles. The summed E-state index contributed by atoms with van der Waals surface area (Å²) >= 11 is 0. The second-order valence-electron chi connectivity index (χ2n) is 6.95. The van der Waals surface area contributed by atoms with Gasteiger partial charge in [0.25, 0.3) is 0 Å². The Morgan fingerprint density at radius 3 is 2.59 bits per heavy atom. The van der Waals surface area contributed by atoms with Gasteiger partial charge in [0.05, 0.1) is 12.5 Å². The fourth-order valence-electron chi connectivity index (χ4n) is 3.54. The number of carbonyl (C=O) groups is 1. The summed E-state index contributed by atoms with van der Waals surface area (Å²) in [6.07, 6.45) is 3.78. The van der Waals surface area contributed by atoms with Crippen LogP contribution in [0.15, 0.2) is 24.3 Å². The first-order valence-corrected chi connectivity index (χ1v) is 8.28. The van der Waals surface area contributed by atoms with Gasteiger partial charge in [0, 0.05) is 11.6 Å². The highest BCUT2D eigenvalue weighted by Crippen LogP contribution is 2.38.